The summed E-state index contributed by atoms with van der Waals surface area (Å²) < 4.78 is 0. The fourth-order valence-corrected chi connectivity index (χ4v) is 2.91. The predicted molar refractivity (Wildman–Crippen MR) is 91.4 cm³/mol. The molecule has 22 heavy (non-hydrogen) atoms. The fourth-order valence-electron chi connectivity index (χ4n) is 2.91. The summed E-state index contributed by atoms with van der Waals surface area (Å²) in [4.78, 5) is 14.1. The number of nitrogens with zero attached hydrogens (tertiary/aromatic N) is 4. The zero-order valence-electron chi connectivity index (χ0n) is 13.5. The van der Waals surface area contributed by atoms with E-state index in [1.165, 1.54) is 18.4 Å². The number of anilines is 2. The van der Waals surface area contributed by atoms with Crippen molar-refractivity contribution in [1.29, 1.82) is 0 Å². The van der Waals surface area contributed by atoms with Crippen molar-refractivity contribution in [2.45, 2.75) is 33.2 Å². The average molecular weight is 296 g/mol. The van der Waals surface area contributed by atoms with E-state index in [0.717, 1.165) is 43.6 Å². The van der Waals surface area contributed by atoms with Gasteiger partial charge in [-0.2, -0.15) is 4.98 Å². The molecule has 1 aromatic carbocycles. The molecule has 0 aliphatic carbocycles. The van der Waals surface area contributed by atoms with Crippen LogP contribution in [0.1, 0.15) is 31.0 Å². The summed E-state index contributed by atoms with van der Waals surface area (Å²) >= 11 is 0. The van der Waals surface area contributed by atoms with E-state index < -0.39 is 0 Å². The third-order valence-electron chi connectivity index (χ3n) is 4.14. The summed E-state index contributed by atoms with van der Waals surface area (Å²) in [5, 5.41) is 0. The summed E-state index contributed by atoms with van der Waals surface area (Å²) in [6, 6.07) is 12.6. The molecule has 3 rings (SSSR count). The van der Waals surface area contributed by atoms with Crippen molar-refractivity contribution in [3.05, 3.63) is 47.7 Å². The van der Waals surface area contributed by atoms with Gasteiger partial charge in [0.2, 0.25) is 5.95 Å². The lowest BCUT2D eigenvalue weighted by Gasteiger charge is -2.24. The van der Waals surface area contributed by atoms with Gasteiger partial charge in [0.1, 0.15) is 5.82 Å². The fraction of sp³-hybridized carbons (Fsp3) is 0.444. The molecule has 4 nitrogen and oxygen atoms in total. The van der Waals surface area contributed by atoms with Crippen LogP contribution in [0.25, 0.3) is 0 Å². The zero-order chi connectivity index (χ0) is 15.4. The van der Waals surface area contributed by atoms with Gasteiger partial charge in [-0.1, -0.05) is 30.3 Å². The Morgan fingerprint density at radius 2 is 1.82 bits per heavy atom. The number of rotatable bonds is 5. The molecule has 4 heteroatoms. The second-order valence-corrected chi connectivity index (χ2v) is 5.86. The molecule has 1 saturated heterocycles. The smallest absolute Gasteiger partial charge is 0.227 e. The number of aryl methyl sites for hydroxylation is 1. The van der Waals surface area contributed by atoms with Gasteiger partial charge in [-0.15, -0.1) is 0 Å². The van der Waals surface area contributed by atoms with Gasteiger partial charge in [0, 0.05) is 37.9 Å². The van der Waals surface area contributed by atoms with Crippen LogP contribution >= 0.6 is 0 Å². The van der Waals surface area contributed by atoms with Crippen LogP contribution in [0.15, 0.2) is 36.4 Å². The summed E-state index contributed by atoms with van der Waals surface area (Å²) in [6.07, 6.45) is 2.53. The van der Waals surface area contributed by atoms with Crippen LogP contribution in [0, 0.1) is 6.92 Å². The van der Waals surface area contributed by atoms with Gasteiger partial charge < -0.3 is 9.80 Å². The third-order valence-corrected chi connectivity index (χ3v) is 4.14. The largest absolute Gasteiger partial charge is 0.356 e. The van der Waals surface area contributed by atoms with Crippen molar-refractivity contribution >= 4 is 11.8 Å². The van der Waals surface area contributed by atoms with Crippen LogP contribution in [-0.2, 0) is 6.54 Å². The van der Waals surface area contributed by atoms with Crippen LogP contribution in [0.4, 0.5) is 11.8 Å². The lowest BCUT2D eigenvalue weighted by molar-refractivity contribution is 0.781. The van der Waals surface area contributed by atoms with Gasteiger partial charge in [-0.25, -0.2) is 4.98 Å². The Hall–Kier alpha value is -2.10. The quantitative estimate of drug-likeness (QED) is 0.846. The lowest BCUT2D eigenvalue weighted by atomic mass is 10.2. The van der Waals surface area contributed by atoms with E-state index in [9.17, 15) is 0 Å². The van der Waals surface area contributed by atoms with E-state index in [2.05, 4.69) is 65.0 Å². The molecule has 0 unspecified atom stereocenters. The minimum Gasteiger partial charge on any atom is -0.356 e. The zero-order valence-corrected chi connectivity index (χ0v) is 13.5. The second kappa shape index (κ2) is 6.77. The summed E-state index contributed by atoms with van der Waals surface area (Å²) in [5.41, 5.74) is 2.33. The van der Waals surface area contributed by atoms with Crippen molar-refractivity contribution in [1.82, 2.24) is 9.97 Å². The van der Waals surface area contributed by atoms with Crippen molar-refractivity contribution < 1.29 is 0 Å². The Balaban J connectivity index is 1.84. The molecule has 116 valence electrons. The number of benzene rings is 1. The van der Waals surface area contributed by atoms with Crippen molar-refractivity contribution in [3.8, 4) is 0 Å². The molecule has 1 aliphatic heterocycles. The van der Waals surface area contributed by atoms with Crippen molar-refractivity contribution in [2.75, 3.05) is 29.4 Å². The molecule has 0 N–H and O–H groups in total. The molecule has 1 aliphatic rings. The molecule has 2 heterocycles. The molecular formula is C18H24N4. The van der Waals surface area contributed by atoms with Gasteiger partial charge in [-0.3, -0.25) is 0 Å². The maximum absolute atomic E-state index is 4.82. The predicted octanol–water partition coefficient (Wildman–Crippen LogP) is 3.41. The highest BCUT2D eigenvalue weighted by molar-refractivity contribution is 5.46. The van der Waals surface area contributed by atoms with Crippen LogP contribution in [0.3, 0.4) is 0 Å². The van der Waals surface area contributed by atoms with Crippen molar-refractivity contribution in [3.63, 3.8) is 0 Å². The van der Waals surface area contributed by atoms with Gasteiger partial charge in [0.15, 0.2) is 0 Å². The minimum atomic E-state index is 0.841. The van der Waals surface area contributed by atoms with Crippen LogP contribution in [0.2, 0.25) is 0 Å². The van der Waals surface area contributed by atoms with Crippen LogP contribution < -0.4 is 9.80 Å². The second-order valence-electron chi connectivity index (χ2n) is 5.86. The summed E-state index contributed by atoms with van der Waals surface area (Å²) in [6.45, 7) is 8.19. The first-order valence-electron chi connectivity index (χ1n) is 8.16. The number of aromatic nitrogens is 2. The van der Waals surface area contributed by atoms with E-state index in [4.69, 9.17) is 4.98 Å². The summed E-state index contributed by atoms with van der Waals surface area (Å²) in [5.74, 6) is 1.92. The van der Waals surface area contributed by atoms with Crippen LogP contribution in [0.5, 0.6) is 0 Å². The first kappa shape index (κ1) is 14.8. The van der Waals surface area contributed by atoms with Crippen molar-refractivity contribution in [2.24, 2.45) is 0 Å². The van der Waals surface area contributed by atoms with E-state index in [1.807, 2.05) is 0 Å². The first-order chi connectivity index (χ1) is 10.8. The lowest BCUT2D eigenvalue weighted by Crippen LogP contribution is -2.26. The molecule has 0 spiro atoms. The Kier molecular flexibility index (Phi) is 4.56. The number of hydrogen-bond acceptors (Lipinski definition) is 4. The third kappa shape index (κ3) is 3.38. The van der Waals surface area contributed by atoms with Gasteiger partial charge in [0.25, 0.3) is 0 Å². The Morgan fingerprint density at radius 1 is 1.09 bits per heavy atom. The highest BCUT2D eigenvalue weighted by Gasteiger charge is 2.17. The SMILES string of the molecule is CCN(Cc1ccccc1)c1nc(C)cc(N2CCCC2)n1. The molecule has 0 bridgehead atoms. The minimum absolute atomic E-state index is 0.841. The van der Waals surface area contributed by atoms with E-state index in [-0.39, 0.29) is 0 Å². The first-order valence-corrected chi connectivity index (χ1v) is 8.16. The molecular weight excluding hydrogens is 272 g/mol. The molecule has 0 atom stereocenters. The average Bonchev–Trinajstić information content (AvgIpc) is 3.07. The highest BCUT2D eigenvalue weighted by atomic mass is 15.3. The standard InChI is InChI=1S/C18H24N4/c1-3-21(14-16-9-5-4-6-10-16)18-19-15(2)13-17(20-18)22-11-7-8-12-22/h4-6,9-10,13H,3,7-8,11-12,14H2,1-2H3. The van der Waals surface area contributed by atoms with Gasteiger partial charge in [0.05, 0.1) is 0 Å². The maximum Gasteiger partial charge on any atom is 0.227 e. The maximum atomic E-state index is 4.82. The molecule has 1 aromatic heterocycles. The van der Waals surface area contributed by atoms with E-state index >= 15 is 0 Å². The molecule has 0 saturated carbocycles. The molecule has 0 amide bonds. The van der Waals surface area contributed by atoms with E-state index in [1.54, 1.807) is 0 Å². The topological polar surface area (TPSA) is 32.3 Å². The highest BCUT2D eigenvalue weighted by Crippen LogP contribution is 2.22. The Labute approximate surface area is 132 Å². The Morgan fingerprint density at radius 3 is 2.50 bits per heavy atom. The monoisotopic (exact) mass is 296 g/mol. The summed E-state index contributed by atoms with van der Waals surface area (Å²) in [7, 11) is 0. The molecule has 0 radical (unpaired) electrons. The Bertz CT molecular complexity index is 606. The van der Waals surface area contributed by atoms with Gasteiger partial charge in [-0.05, 0) is 32.3 Å². The van der Waals surface area contributed by atoms with E-state index in [0.29, 0.717) is 0 Å². The molecule has 1 fully saturated rings. The normalized spacial score (nSPS) is 14.4. The van der Waals surface area contributed by atoms with Gasteiger partial charge >= 0.3 is 0 Å². The number of hydrogen-bond donors (Lipinski definition) is 0. The molecule has 2 aromatic rings. The van der Waals surface area contributed by atoms with Crippen LogP contribution in [-0.4, -0.2) is 29.6 Å².